The topological polar surface area (TPSA) is 287 Å². The maximum Gasteiger partial charge on any atom is 0.408 e. The molecule has 2 aromatic heterocycles. The summed E-state index contributed by atoms with van der Waals surface area (Å²) < 4.78 is 5.23. The number of nitrogens with two attached hydrogens (primary N) is 2. The number of amides is 7. The highest BCUT2D eigenvalue weighted by Crippen LogP contribution is 2.26. The fraction of sp³-hybridized carbons (Fsp3) is 0.359. The first-order chi connectivity index (χ1) is 27.9. The number of imide groups is 1. The molecule has 1 aliphatic rings. The molecule has 2 aromatic carbocycles. The number of hydrogen-bond donors (Lipinski definition) is 6. The molecule has 20 heteroatoms. The molecular formula is C39H46N12O8. The second kappa shape index (κ2) is 18.3. The summed E-state index contributed by atoms with van der Waals surface area (Å²) in [5, 5.41) is 10.4. The third-order valence-corrected chi connectivity index (χ3v) is 8.81. The molecule has 1 unspecified atom stereocenters. The van der Waals surface area contributed by atoms with Crippen molar-refractivity contribution in [3.8, 4) is 0 Å². The van der Waals surface area contributed by atoms with E-state index in [4.69, 9.17) is 16.2 Å². The van der Waals surface area contributed by atoms with Gasteiger partial charge in [0.05, 0.1) is 36.1 Å². The largest absolute Gasteiger partial charge is 0.444 e. The van der Waals surface area contributed by atoms with Crippen molar-refractivity contribution in [3.63, 3.8) is 0 Å². The highest BCUT2D eigenvalue weighted by Gasteiger charge is 2.35. The first kappa shape index (κ1) is 42.9. The Kier molecular flexibility index (Phi) is 13.3. The number of hydrogen-bond acceptors (Lipinski definition) is 14. The van der Waals surface area contributed by atoms with Crippen LogP contribution in [0.3, 0.4) is 0 Å². The van der Waals surface area contributed by atoms with Gasteiger partial charge in [0.2, 0.25) is 24.2 Å². The number of ether oxygens (including phenoxy) is 1. The normalized spacial score (nSPS) is 12.8. The zero-order valence-corrected chi connectivity index (χ0v) is 33.2. The molecule has 4 aromatic rings. The van der Waals surface area contributed by atoms with E-state index in [9.17, 15) is 33.6 Å². The molecule has 3 heterocycles. The summed E-state index contributed by atoms with van der Waals surface area (Å²) >= 11 is 0. The van der Waals surface area contributed by atoms with Gasteiger partial charge in [0.1, 0.15) is 11.6 Å². The fourth-order valence-corrected chi connectivity index (χ4v) is 5.95. The lowest BCUT2D eigenvalue weighted by atomic mass is 10.0. The van der Waals surface area contributed by atoms with Crippen LogP contribution in [0.5, 0.6) is 0 Å². The number of benzene rings is 2. The summed E-state index contributed by atoms with van der Waals surface area (Å²) in [7, 11) is 0. The van der Waals surface area contributed by atoms with Crippen LogP contribution in [0.15, 0.2) is 48.7 Å². The Balaban J connectivity index is 1.05. The Morgan fingerprint density at radius 2 is 1.64 bits per heavy atom. The molecule has 0 spiro atoms. The van der Waals surface area contributed by atoms with Gasteiger partial charge in [-0.1, -0.05) is 13.8 Å². The smallest absolute Gasteiger partial charge is 0.408 e. The number of carbonyl (C=O) groups is 7. The number of aromatic nitrogens is 4. The van der Waals surface area contributed by atoms with Gasteiger partial charge in [-0.3, -0.25) is 33.7 Å². The van der Waals surface area contributed by atoms with Gasteiger partial charge in [-0.25, -0.2) is 14.8 Å². The van der Waals surface area contributed by atoms with Crippen LogP contribution in [-0.4, -0.2) is 98.2 Å². The first-order valence-electron chi connectivity index (χ1n) is 18.7. The van der Waals surface area contributed by atoms with E-state index < -0.39 is 47.9 Å². The van der Waals surface area contributed by atoms with Crippen molar-refractivity contribution in [1.82, 2.24) is 40.8 Å². The summed E-state index contributed by atoms with van der Waals surface area (Å²) in [5.74, 6) is -2.78. The van der Waals surface area contributed by atoms with Crippen molar-refractivity contribution in [2.24, 2.45) is 5.92 Å². The summed E-state index contributed by atoms with van der Waals surface area (Å²) in [6.07, 6.45) is 2.18. The summed E-state index contributed by atoms with van der Waals surface area (Å²) in [6.45, 7) is 8.58. The molecule has 0 bridgehead atoms. The molecule has 1 atom stereocenters. The van der Waals surface area contributed by atoms with Gasteiger partial charge in [-0.15, -0.1) is 0 Å². The van der Waals surface area contributed by atoms with Crippen LogP contribution >= 0.6 is 0 Å². The molecule has 0 saturated heterocycles. The molecule has 0 radical (unpaired) electrons. The highest BCUT2D eigenvalue weighted by atomic mass is 16.6. The van der Waals surface area contributed by atoms with Crippen LogP contribution in [-0.2, 0) is 25.7 Å². The maximum atomic E-state index is 13.2. The van der Waals surface area contributed by atoms with Gasteiger partial charge < -0.3 is 42.4 Å². The summed E-state index contributed by atoms with van der Waals surface area (Å²) in [6, 6.07) is 9.75. The van der Waals surface area contributed by atoms with Crippen molar-refractivity contribution in [2.45, 2.75) is 65.6 Å². The Bertz CT molecular complexity index is 2280. The summed E-state index contributed by atoms with van der Waals surface area (Å²) in [5.41, 5.74) is 13.1. The molecule has 8 N–H and O–H groups in total. The van der Waals surface area contributed by atoms with Crippen LogP contribution in [0.1, 0.15) is 84.2 Å². The number of nitrogen functional groups attached to an aromatic ring is 2. The second-order valence-electron chi connectivity index (χ2n) is 14.9. The Morgan fingerprint density at radius 1 is 0.932 bits per heavy atom. The van der Waals surface area contributed by atoms with E-state index in [2.05, 4.69) is 41.2 Å². The molecule has 5 rings (SSSR count). The van der Waals surface area contributed by atoms with Crippen LogP contribution < -0.4 is 37.6 Å². The molecule has 1 aliphatic heterocycles. The average Bonchev–Trinajstić information content (AvgIpc) is 3.41. The lowest BCUT2D eigenvalue weighted by Gasteiger charge is -2.25. The minimum absolute atomic E-state index is 0.0316. The number of fused-ring (bicyclic) bond motifs is 2. The summed E-state index contributed by atoms with van der Waals surface area (Å²) in [4.78, 5) is 108. The molecule has 310 valence electrons. The standard InChI is InChI=1S/C39H46N12O8/c1-21(2)29(47-38(58)59-39(3,4)5)34(55)44-18-28(53)45-23-10-13-26-27(16-23)36(57)51(35(26)56)15-7-6-14-42-33(54)22-8-11-25(12-9-22)50(20-52)19-24-17-43-32-30(46-24)31(40)48-37(41)49-32/h8-13,16-17,20-21,29H,6-7,14-15,18-19H2,1-5H3,(H,42,54)(H,44,55)(H,45,53)(H,47,58)(H4,40,41,43,48,49). The minimum atomic E-state index is -0.950. The van der Waals surface area contributed by atoms with Gasteiger partial charge in [-0.05, 0) is 82.0 Å². The molecule has 59 heavy (non-hydrogen) atoms. The van der Waals surface area contributed by atoms with Crippen molar-refractivity contribution in [1.29, 1.82) is 0 Å². The van der Waals surface area contributed by atoms with E-state index in [-0.39, 0.29) is 71.2 Å². The Morgan fingerprint density at radius 3 is 2.32 bits per heavy atom. The number of anilines is 4. The van der Waals surface area contributed by atoms with E-state index in [1.165, 1.54) is 29.3 Å². The quantitative estimate of drug-likeness (QED) is 0.0537. The van der Waals surface area contributed by atoms with Crippen LogP contribution in [0.25, 0.3) is 11.2 Å². The van der Waals surface area contributed by atoms with Gasteiger partial charge in [-0.2, -0.15) is 9.97 Å². The SMILES string of the molecule is CC(C)C(NC(=O)OC(C)(C)C)C(=O)NCC(=O)Nc1ccc2c(c1)C(=O)N(CCCCNC(=O)c1ccc(N(C=O)Cc3cnc4nc(N)nc(N)c4n3)cc1)C2=O. The second-order valence-corrected chi connectivity index (χ2v) is 14.9. The highest BCUT2D eigenvalue weighted by molar-refractivity contribution is 6.22. The monoisotopic (exact) mass is 810 g/mol. The maximum absolute atomic E-state index is 13.2. The molecule has 7 amide bonds. The average molecular weight is 811 g/mol. The van der Waals surface area contributed by atoms with Crippen LogP contribution in [0.4, 0.5) is 27.9 Å². The third kappa shape index (κ3) is 11.0. The Labute approximate surface area is 338 Å². The number of alkyl carbamates (subject to hydrolysis) is 1. The van der Waals surface area contributed by atoms with E-state index in [1.54, 1.807) is 58.9 Å². The third-order valence-electron chi connectivity index (χ3n) is 8.81. The van der Waals surface area contributed by atoms with Gasteiger partial charge in [0.15, 0.2) is 17.0 Å². The Hall–Kier alpha value is -7.25. The van der Waals surface area contributed by atoms with Gasteiger partial charge in [0.25, 0.3) is 17.7 Å². The predicted molar refractivity (Wildman–Crippen MR) is 216 cm³/mol. The molecule has 0 fully saturated rings. The first-order valence-corrected chi connectivity index (χ1v) is 18.7. The number of rotatable bonds is 16. The number of unbranched alkanes of at least 4 members (excludes halogenated alkanes) is 1. The van der Waals surface area contributed by atoms with Crippen LogP contribution in [0, 0.1) is 5.92 Å². The molecule has 0 saturated carbocycles. The fourth-order valence-electron chi connectivity index (χ4n) is 5.95. The molecular weight excluding hydrogens is 765 g/mol. The van der Waals surface area contributed by atoms with E-state index >= 15 is 0 Å². The van der Waals surface area contributed by atoms with E-state index in [0.29, 0.717) is 36.2 Å². The van der Waals surface area contributed by atoms with Gasteiger partial charge in [0, 0.05) is 30.0 Å². The van der Waals surface area contributed by atoms with Crippen molar-refractivity contribution >= 4 is 76.3 Å². The molecule has 0 aliphatic carbocycles. The lowest BCUT2D eigenvalue weighted by molar-refractivity contribution is -0.126. The minimum Gasteiger partial charge on any atom is -0.444 e. The lowest BCUT2D eigenvalue weighted by Crippen LogP contribution is -2.52. The van der Waals surface area contributed by atoms with Crippen molar-refractivity contribution in [2.75, 3.05) is 41.3 Å². The van der Waals surface area contributed by atoms with Crippen molar-refractivity contribution in [3.05, 3.63) is 71.0 Å². The predicted octanol–water partition coefficient (Wildman–Crippen LogP) is 2.16. The molecule has 20 nitrogen and oxygen atoms in total. The van der Waals surface area contributed by atoms with E-state index in [1.807, 2.05) is 0 Å². The zero-order valence-electron chi connectivity index (χ0n) is 33.2. The van der Waals surface area contributed by atoms with E-state index in [0.717, 1.165) is 4.90 Å². The van der Waals surface area contributed by atoms with Gasteiger partial charge >= 0.3 is 6.09 Å². The number of nitrogens with one attached hydrogen (secondary N) is 4. The van der Waals surface area contributed by atoms with Crippen molar-refractivity contribution < 1.29 is 38.3 Å². The zero-order chi connectivity index (χ0) is 43.0. The van der Waals surface area contributed by atoms with Crippen LogP contribution in [0.2, 0.25) is 0 Å². The number of carbonyl (C=O) groups excluding carboxylic acids is 7. The number of nitrogens with zero attached hydrogens (tertiary/aromatic N) is 6.